The molecule has 220 valence electrons. The van der Waals surface area contributed by atoms with Gasteiger partial charge >= 0.3 is 6.03 Å². The number of amides is 2. The average molecular weight is 587 g/mol. The van der Waals surface area contributed by atoms with E-state index in [0.717, 1.165) is 16.9 Å². The van der Waals surface area contributed by atoms with Crippen molar-refractivity contribution in [3.8, 4) is 0 Å². The number of aliphatic hydroxyl groups excluding tert-OH is 1. The van der Waals surface area contributed by atoms with Crippen LogP contribution >= 0.6 is 0 Å². The third kappa shape index (κ3) is 4.97. The molecule has 11 heteroatoms. The number of carbonyl (C=O) groups is 2. The Morgan fingerprint density at radius 1 is 0.841 bits per heavy atom. The van der Waals surface area contributed by atoms with Crippen LogP contribution in [0.25, 0.3) is 0 Å². The van der Waals surface area contributed by atoms with Crippen LogP contribution in [0.1, 0.15) is 27.8 Å². The number of benzene rings is 4. The van der Waals surface area contributed by atoms with Gasteiger partial charge in [-0.1, -0.05) is 71.9 Å². The number of para-hydroxylation sites is 4. The van der Waals surface area contributed by atoms with Crippen LogP contribution in [0.5, 0.6) is 0 Å². The molecule has 7 rings (SSSR count). The number of carbonyl (C=O) groups excluding carboxylic acids is 2. The molecule has 1 aromatic heterocycles. The standard InChI is InChI=1S/C33H30N8O3/c42-30-21-23-11-7-9-17-27(23)41(28-18-10-8-16-26(28)30)32(43)38-19-20-39(29(22-38)31-34-36-37-35-31)33(44)40(24-12-3-1-4-13-24)25-14-5-2-6-15-25/h1-18,29,33,44H,19-22H2,(H,34,35,36,37)/t29-,33?/m0/s1. The highest BCUT2D eigenvalue weighted by molar-refractivity contribution is 6.12. The molecule has 0 bridgehead atoms. The number of ketones is 1. The first kappa shape index (κ1) is 27.4. The van der Waals surface area contributed by atoms with Crippen LogP contribution in [0.4, 0.5) is 27.5 Å². The number of fused-ring (bicyclic) bond motifs is 2. The van der Waals surface area contributed by atoms with Gasteiger partial charge in [-0.25, -0.2) is 9.69 Å². The summed E-state index contributed by atoms with van der Waals surface area (Å²) >= 11 is 0. The van der Waals surface area contributed by atoms with E-state index in [1.54, 1.807) is 15.9 Å². The lowest BCUT2D eigenvalue weighted by atomic mass is 10.0. The molecule has 2 amide bonds. The van der Waals surface area contributed by atoms with Crippen molar-refractivity contribution >= 4 is 34.6 Å². The van der Waals surface area contributed by atoms with Crippen molar-refractivity contribution in [3.63, 3.8) is 0 Å². The zero-order valence-electron chi connectivity index (χ0n) is 23.8. The van der Waals surface area contributed by atoms with Crippen LogP contribution < -0.4 is 9.80 Å². The molecule has 1 fully saturated rings. The smallest absolute Gasteiger partial charge is 0.329 e. The Bertz CT molecular complexity index is 1730. The number of nitrogens with zero attached hydrogens (tertiary/aromatic N) is 7. The van der Waals surface area contributed by atoms with Gasteiger partial charge in [-0.3, -0.25) is 9.69 Å². The number of nitrogens with one attached hydrogen (secondary N) is 1. The van der Waals surface area contributed by atoms with Gasteiger partial charge in [-0.05, 0) is 48.0 Å². The van der Waals surface area contributed by atoms with E-state index in [-0.39, 0.29) is 24.8 Å². The largest absolute Gasteiger partial charge is 0.360 e. The number of aromatic nitrogens is 4. The van der Waals surface area contributed by atoms with E-state index in [0.29, 0.717) is 35.9 Å². The third-order valence-electron chi connectivity index (χ3n) is 8.17. The van der Waals surface area contributed by atoms with E-state index >= 15 is 0 Å². The molecule has 0 radical (unpaired) electrons. The molecule has 2 aliphatic heterocycles. The number of Topliss-reactive ketones (excluding diaryl/α,β-unsaturated/α-hetero) is 1. The summed E-state index contributed by atoms with van der Waals surface area (Å²) in [6.07, 6.45) is -0.908. The van der Waals surface area contributed by atoms with E-state index in [1.165, 1.54) is 0 Å². The maximum absolute atomic E-state index is 14.5. The molecule has 2 aliphatic rings. The maximum atomic E-state index is 14.5. The van der Waals surface area contributed by atoms with E-state index < -0.39 is 12.4 Å². The van der Waals surface area contributed by atoms with Crippen molar-refractivity contribution in [2.75, 3.05) is 29.4 Å². The first-order valence-electron chi connectivity index (χ1n) is 14.5. The number of aliphatic hydroxyl groups is 1. The number of anilines is 4. The summed E-state index contributed by atoms with van der Waals surface area (Å²) in [6, 6.07) is 33.2. The zero-order chi connectivity index (χ0) is 30.0. The van der Waals surface area contributed by atoms with Crippen LogP contribution in [-0.2, 0) is 6.42 Å². The molecule has 0 spiro atoms. The van der Waals surface area contributed by atoms with Crippen LogP contribution in [-0.4, -0.2) is 73.3 Å². The topological polar surface area (TPSA) is 122 Å². The van der Waals surface area contributed by atoms with Crippen LogP contribution in [0, 0.1) is 0 Å². The number of rotatable bonds is 5. The zero-order valence-corrected chi connectivity index (χ0v) is 23.8. The summed E-state index contributed by atoms with van der Waals surface area (Å²) in [6.45, 7) is 0.816. The molecule has 1 saturated heterocycles. The summed E-state index contributed by atoms with van der Waals surface area (Å²) < 4.78 is 0. The Morgan fingerprint density at radius 3 is 2.16 bits per heavy atom. The molecular formula is C33H30N8O3. The molecule has 5 aromatic rings. The Hall–Kier alpha value is -5.39. The first-order valence-corrected chi connectivity index (χ1v) is 14.5. The van der Waals surface area contributed by atoms with Crippen molar-refractivity contribution in [1.82, 2.24) is 30.4 Å². The molecule has 11 nitrogen and oxygen atoms in total. The van der Waals surface area contributed by atoms with Crippen LogP contribution in [0.15, 0.2) is 109 Å². The van der Waals surface area contributed by atoms with E-state index in [4.69, 9.17) is 0 Å². The Morgan fingerprint density at radius 2 is 1.48 bits per heavy atom. The predicted molar refractivity (Wildman–Crippen MR) is 165 cm³/mol. The number of urea groups is 1. The lowest BCUT2D eigenvalue weighted by Crippen LogP contribution is -2.59. The van der Waals surface area contributed by atoms with E-state index in [2.05, 4.69) is 20.6 Å². The van der Waals surface area contributed by atoms with Crippen molar-refractivity contribution in [2.45, 2.75) is 18.8 Å². The molecule has 44 heavy (non-hydrogen) atoms. The second-order valence-corrected chi connectivity index (χ2v) is 10.7. The normalized spacial score (nSPS) is 17.4. The first-order chi connectivity index (χ1) is 21.6. The van der Waals surface area contributed by atoms with Gasteiger partial charge in [0, 0.05) is 43.0 Å². The quantitative estimate of drug-likeness (QED) is 0.285. The van der Waals surface area contributed by atoms with Crippen molar-refractivity contribution in [2.24, 2.45) is 0 Å². The van der Waals surface area contributed by atoms with Gasteiger partial charge in [0.05, 0.1) is 17.4 Å². The second-order valence-electron chi connectivity index (χ2n) is 10.7. The number of piperazine rings is 1. The SMILES string of the molecule is O=C1Cc2ccccc2N(C(=O)N2CCN(C(O)N(c3ccccc3)c3ccccc3)[C@H](c3nn[nH]n3)C2)c2ccccc21. The fraction of sp³-hybridized carbons (Fsp3) is 0.182. The van der Waals surface area contributed by atoms with E-state index in [1.807, 2.05) is 113 Å². The average Bonchev–Trinajstić information content (AvgIpc) is 3.58. The van der Waals surface area contributed by atoms with Crippen molar-refractivity contribution < 1.29 is 14.7 Å². The van der Waals surface area contributed by atoms with Gasteiger partial charge < -0.3 is 14.9 Å². The van der Waals surface area contributed by atoms with E-state index in [9.17, 15) is 14.7 Å². The second kappa shape index (κ2) is 11.7. The highest BCUT2D eigenvalue weighted by Crippen LogP contribution is 2.38. The maximum Gasteiger partial charge on any atom is 0.329 e. The van der Waals surface area contributed by atoms with Crippen molar-refractivity contribution in [1.29, 1.82) is 0 Å². The minimum atomic E-state index is -1.11. The monoisotopic (exact) mass is 586 g/mol. The van der Waals surface area contributed by atoms with Crippen LogP contribution in [0.2, 0.25) is 0 Å². The molecule has 3 heterocycles. The highest BCUT2D eigenvalue weighted by Gasteiger charge is 2.41. The predicted octanol–water partition coefficient (Wildman–Crippen LogP) is 4.67. The Balaban J connectivity index is 1.24. The number of hydrogen-bond donors (Lipinski definition) is 2. The summed E-state index contributed by atoms with van der Waals surface area (Å²) in [7, 11) is 0. The summed E-state index contributed by atoms with van der Waals surface area (Å²) in [5, 5.41) is 26.9. The van der Waals surface area contributed by atoms with Gasteiger partial charge in [-0.15, -0.1) is 10.2 Å². The number of H-pyrrole nitrogens is 1. The van der Waals surface area contributed by atoms with Gasteiger partial charge in [0.1, 0.15) is 0 Å². The summed E-state index contributed by atoms with van der Waals surface area (Å²) in [5.74, 6) is 0.317. The van der Waals surface area contributed by atoms with Gasteiger partial charge in [0.25, 0.3) is 0 Å². The molecule has 4 aromatic carbocycles. The molecule has 0 saturated carbocycles. The van der Waals surface area contributed by atoms with Gasteiger partial charge in [-0.2, -0.15) is 5.21 Å². The minimum Gasteiger partial charge on any atom is -0.360 e. The highest BCUT2D eigenvalue weighted by atomic mass is 16.3. The fourth-order valence-electron chi connectivity index (χ4n) is 6.06. The number of hydrogen-bond acceptors (Lipinski definition) is 8. The Labute approximate surface area is 253 Å². The lowest BCUT2D eigenvalue weighted by molar-refractivity contribution is -0.0509. The number of tetrazole rings is 1. The fourth-order valence-corrected chi connectivity index (χ4v) is 6.06. The molecule has 1 unspecified atom stereocenters. The molecule has 0 aliphatic carbocycles. The third-order valence-corrected chi connectivity index (χ3v) is 8.17. The summed E-state index contributed by atoms with van der Waals surface area (Å²) in [4.78, 5) is 34.8. The van der Waals surface area contributed by atoms with Gasteiger partial charge in [0.2, 0.25) is 0 Å². The summed E-state index contributed by atoms with van der Waals surface area (Å²) in [5.41, 5.74) is 4.12. The molecule has 2 N–H and O–H groups in total. The molecular weight excluding hydrogens is 556 g/mol. The molecule has 2 atom stereocenters. The Kier molecular flexibility index (Phi) is 7.30. The van der Waals surface area contributed by atoms with Crippen LogP contribution in [0.3, 0.4) is 0 Å². The lowest BCUT2D eigenvalue weighted by Gasteiger charge is -2.46. The minimum absolute atomic E-state index is 0.0390. The van der Waals surface area contributed by atoms with Crippen molar-refractivity contribution in [3.05, 3.63) is 126 Å². The number of aromatic amines is 1. The van der Waals surface area contributed by atoms with Gasteiger partial charge in [0.15, 0.2) is 18.0 Å².